The maximum atomic E-state index is 11.8. The zero-order chi connectivity index (χ0) is 22.2. The predicted octanol–water partition coefficient (Wildman–Crippen LogP) is 3.60. The van der Waals surface area contributed by atoms with Gasteiger partial charge in [-0.15, -0.1) is 24.0 Å². The van der Waals surface area contributed by atoms with E-state index in [2.05, 4.69) is 43.6 Å². The number of aliphatic imine (C=N–C) groups is 1. The van der Waals surface area contributed by atoms with Crippen LogP contribution in [0, 0.1) is 5.92 Å². The molecule has 2 heterocycles. The molecular weight excluding hydrogens is 537 g/mol. The number of aryl methyl sites for hydroxylation is 1. The van der Waals surface area contributed by atoms with E-state index >= 15 is 0 Å². The Hall–Kier alpha value is -1.95. The second-order valence-electron chi connectivity index (χ2n) is 7.83. The summed E-state index contributed by atoms with van der Waals surface area (Å²) in [5.74, 6) is 1.85. The molecule has 1 aromatic heterocycles. The Labute approximate surface area is 212 Å². The third kappa shape index (κ3) is 7.29. The highest BCUT2D eigenvalue weighted by atomic mass is 127. The maximum absolute atomic E-state index is 11.8. The normalized spacial score (nSPS) is 14.3. The predicted molar refractivity (Wildman–Crippen MR) is 143 cm³/mol. The van der Waals surface area contributed by atoms with E-state index in [1.54, 1.807) is 0 Å². The van der Waals surface area contributed by atoms with Gasteiger partial charge in [0.1, 0.15) is 5.82 Å². The van der Waals surface area contributed by atoms with Gasteiger partial charge in [-0.1, -0.05) is 32.9 Å². The van der Waals surface area contributed by atoms with Crippen molar-refractivity contribution in [2.24, 2.45) is 10.9 Å². The number of halogens is 1. The first-order valence-corrected chi connectivity index (χ1v) is 11.8. The van der Waals surface area contributed by atoms with Crippen molar-refractivity contribution in [2.75, 3.05) is 42.9 Å². The number of anilines is 2. The first kappa shape index (κ1) is 26.3. The molecule has 10 heteroatoms. The van der Waals surface area contributed by atoms with E-state index in [0.29, 0.717) is 6.54 Å². The van der Waals surface area contributed by atoms with Crippen LogP contribution >= 0.6 is 35.5 Å². The van der Waals surface area contributed by atoms with Gasteiger partial charge in [0.15, 0.2) is 5.96 Å². The van der Waals surface area contributed by atoms with Gasteiger partial charge in [0.2, 0.25) is 11.0 Å². The molecule has 3 rings (SSSR count). The number of hydrogen-bond donors (Lipinski definition) is 2. The van der Waals surface area contributed by atoms with E-state index in [4.69, 9.17) is 4.99 Å². The van der Waals surface area contributed by atoms with Crippen LogP contribution in [0.25, 0.3) is 0 Å². The lowest BCUT2D eigenvalue weighted by atomic mass is 10.1. The molecule has 2 aromatic rings. The second-order valence-corrected chi connectivity index (χ2v) is 8.56. The van der Waals surface area contributed by atoms with Crippen molar-refractivity contribution in [1.29, 1.82) is 0 Å². The molecule has 0 saturated carbocycles. The van der Waals surface area contributed by atoms with Crippen LogP contribution in [0.4, 0.5) is 10.8 Å². The lowest BCUT2D eigenvalue weighted by molar-refractivity contribution is -0.118. The highest BCUT2D eigenvalue weighted by Gasteiger charge is 2.22. The number of carbonyl (C=O) groups excluding carboxylic acids is 1. The zero-order valence-electron chi connectivity index (χ0n) is 19.3. The summed E-state index contributed by atoms with van der Waals surface area (Å²) in [6.07, 6.45) is 0.874. The van der Waals surface area contributed by atoms with Crippen molar-refractivity contribution in [3.8, 4) is 0 Å². The van der Waals surface area contributed by atoms with Crippen LogP contribution in [0.15, 0.2) is 29.3 Å². The smallest absolute Gasteiger partial charge is 0.226 e. The summed E-state index contributed by atoms with van der Waals surface area (Å²) >= 11 is 1.49. The van der Waals surface area contributed by atoms with Gasteiger partial charge in [0, 0.05) is 62.3 Å². The van der Waals surface area contributed by atoms with Crippen LogP contribution in [0.1, 0.15) is 39.1 Å². The maximum Gasteiger partial charge on any atom is 0.226 e. The van der Waals surface area contributed by atoms with Gasteiger partial charge in [-0.3, -0.25) is 4.79 Å². The van der Waals surface area contributed by atoms with E-state index in [0.717, 1.165) is 67.3 Å². The fourth-order valence-electron chi connectivity index (χ4n) is 3.20. The molecule has 1 aliphatic rings. The number of carbonyl (C=O) groups is 1. The lowest BCUT2D eigenvalue weighted by Crippen LogP contribution is -2.52. The second kappa shape index (κ2) is 12.9. The topological polar surface area (TPSA) is 85.8 Å². The van der Waals surface area contributed by atoms with Crippen molar-refractivity contribution in [2.45, 2.75) is 40.7 Å². The van der Waals surface area contributed by atoms with Gasteiger partial charge in [0.25, 0.3) is 0 Å². The minimum Gasteiger partial charge on any atom is -0.357 e. The summed E-state index contributed by atoms with van der Waals surface area (Å²) in [6.45, 7) is 13.0. The van der Waals surface area contributed by atoms with Crippen molar-refractivity contribution in [1.82, 2.24) is 19.6 Å². The summed E-state index contributed by atoms with van der Waals surface area (Å²) in [5.41, 5.74) is 1.93. The van der Waals surface area contributed by atoms with Gasteiger partial charge < -0.3 is 20.4 Å². The molecule has 0 aliphatic carbocycles. The Balaban J connectivity index is 0.00000363. The molecule has 176 valence electrons. The molecule has 0 atom stereocenters. The Kier molecular flexibility index (Phi) is 10.6. The molecule has 1 aliphatic heterocycles. The molecule has 0 spiro atoms. The largest absolute Gasteiger partial charge is 0.357 e. The third-order valence-electron chi connectivity index (χ3n) is 5.12. The number of benzene rings is 1. The van der Waals surface area contributed by atoms with Crippen LogP contribution < -0.4 is 15.5 Å². The number of guanidine groups is 1. The minimum atomic E-state index is -0.0343. The standard InChI is InChI=1S/C22H33N7OS.HI/c1-5-19-26-22(31-27-19)29-13-11-28(12-14-29)21(23-6-2)24-15-17-7-9-18(10-8-17)25-20(30)16(3)4;/h7-10,16H,5-6,11-15H2,1-4H3,(H,23,24)(H,25,30);1H. The molecule has 32 heavy (non-hydrogen) atoms. The average molecular weight is 572 g/mol. The molecule has 0 radical (unpaired) electrons. The molecule has 2 N–H and O–H groups in total. The number of piperazine rings is 1. The molecule has 1 fully saturated rings. The average Bonchev–Trinajstić information content (AvgIpc) is 3.27. The lowest BCUT2D eigenvalue weighted by Gasteiger charge is -2.36. The highest BCUT2D eigenvalue weighted by Crippen LogP contribution is 2.19. The van der Waals surface area contributed by atoms with E-state index in [9.17, 15) is 4.79 Å². The van der Waals surface area contributed by atoms with Crippen LogP contribution in [0.3, 0.4) is 0 Å². The van der Waals surface area contributed by atoms with Gasteiger partial charge in [-0.2, -0.15) is 4.37 Å². The molecule has 8 nitrogen and oxygen atoms in total. The number of amides is 1. The molecule has 1 saturated heterocycles. The number of rotatable bonds is 7. The third-order valence-corrected chi connectivity index (χ3v) is 5.93. The summed E-state index contributed by atoms with van der Waals surface area (Å²) in [5, 5.41) is 7.35. The van der Waals surface area contributed by atoms with E-state index in [1.807, 2.05) is 38.1 Å². The van der Waals surface area contributed by atoms with E-state index in [1.165, 1.54) is 11.5 Å². The number of nitrogens with zero attached hydrogens (tertiary/aromatic N) is 5. The first-order chi connectivity index (χ1) is 15.0. The molecular formula is C22H34IN7OS. The monoisotopic (exact) mass is 571 g/mol. The summed E-state index contributed by atoms with van der Waals surface area (Å²) in [6, 6.07) is 7.90. The number of nitrogens with one attached hydrogen (secondary N) is 2. The number of aromatic nitrogens is 2. The summed E-state index contributed by atoms with van der Waals surface area (Å²) < 4.78 is 4.40. The summed E-state index contributed by atoms with van der Waals surface area (Å²) in [4.78, 5) is 25.9. The molecule has 1 amide bonds. The van der Waals surface area contributed by atoms with Crippen LogP contribution in [0.2, 0.25) is 0 Å². The number of hydrogen-bond acceptors (Lipinski definition) is 6. The molecule has 1 aromatic carbocycles. The highest BCUT2D eigenvalue weighted by molar-refractivity contribution is 14.0. The first-order valence-electron chi connectivity index (χ1n) is 11.0. The van der Waals surface area contributed by atoms with Crippen molar-refractivity contribution >= 4 is 58.2 Å². The Bertz CT molecular complexity index is 877. The fraction of sp³-hybridized carbons (Fsp3) is 0.545. The van der Waals surface area contributed by atoms with E-state index < -0.39 is 0 Å². The van der Waals surface area contributed by atoms with Crippen LogP contribution in [0.5, 0.6) is 0 Å². The van der Waals surface area contributed by atoms with Crippen molar-refractivity contribution in [3.05, 3.63) is 35.7 Å². The summed E-state index contributed by atoms with van der Waals surface area (Å²) in [7, 11) is 0. The Morgan fingerprint density at radius 1 is 1.16 bits per heavy atom. The Morgan fingerprint density at radius 2 is 1.84 bits per heavy atom. The van der Waals surface area contributed by atoms with Gasteiger partial charge in [-0.25, -0.2) is 9.98 Å². The SMILES string of the molecule is CCNC(=NCc1ccc(NC(=O)C(C)C)cc1)N1CCN(c2nc(CC)ns2)CC1.I. The molecule has 0 unspecified atom stereocenters. The van der Waals surface area contributed by atoms with Crippen molar-refractivity contribution < 1.29 is 4.79 Å². The Morgan fingerprint density at radius 3 is 2.41 bits per heavy atom. The van der Waals surface area contributed by atoms with E-state index in [-0.39, 0.29) is 35.8 Å². The molecule has 0 bridgehead atoms. The fourth-order valence-corrected chi connectivity index (χ4v) is 4.00. The minimum absolute atomic E-state index is 0. The van der Waals surface area contributed by atoms with Crippen LogP contribution in [-0.4, -0.2) is 58.8 Å². The quantitative estimate of drug-likeness (QED) is 0.300. The van der Waals surface area contributed by atoms with Gasteiger partial charge >= 0.3 is 0 Å². The van der Waals surface area contributed by atoms with Gasteiger partial charge in [-0.05, 0) is 24.6 Å². The van der Waals surface area contributed by atoms with Crippen molar-refractivity contribution in [3.63, 3.8) is 0 Å². The van der Waals surface area contributed by atoms with Gasteiger partial charge in [0.05, 0.1) is 6.54 Å². The zero-order valence-corrected chi connectivity index (χ0v) is 22.4. The van der Waals surface area contributed by atoms with Crippen LogP contribution in [-0.2, 0) is 17.8 Å².